The molecule has 0 unspecified atom stereocenters. The summed E-state index contributed by atoms with van der Waals surface area (Å²) in [5.41, 5.74) is 2.45. The monoisotopic (exact) mass is 522 g/mol. The topological polar surface area (TPSA) is 85.2 Å². The van der Waals surface area contributed by atoms with Crippen molar-refractivity contribution >= 4 is 51.7 Å². The largest absolute Gasteiger partial charge is 0.497 e. The highest BCUT2D eigenvalue weighted by molar-refractivity contribution is 8.26. The lowest BCUT2D eigenvalue weighted by Gasteiger charge is -2.15. The molecule has 2 aliphatic heterocycles. The molecule has 4 heterocycles. The van der Waals surface area contributed by atoms with E-state index >= 15 is 0 Å². The van der Waals surface area contributed by atoms with E-state index in [1.807, 2.05) is 43.3 Å². The van der Waals surface area contributed by atoms with Crippen LogP contribution in [0.4, 0.5) is 5.82 Å². The van der Waals surface area contributed by atoms with E-state index in [-0.39, 0.29) is 17.6 Å². The van der Waals surface area contributed by atoms with Crippen LogP contribution in [-0.4, -0.2) is 50.9 Å². The van der Waals surface area contributed by atoms with Crippen molar-refractivity contribution in [1.29, 1.82) is 0 Å². The van der Waals surface area contributed by atoms with E-state index in [2.05, 4.69) is 5.32 Å². The molecular formula is C26H26N4O4S2. The molecule has 186 valence electrons. The average molecular weight is 523 g/mol. The maximum absolute atomic E-state index is 13.5. The van der Waals surface area contributed by atoms with Gasteiger partial charge in [-0.3, -0.25) is 18.9 Å². The molecule has 36 heavy (non-hydrogen) atoms. The van der Waals surface area contributed by atoms with Gasteiger partial charge in [0.1, 0.15) is 21.5 Å². The third-order valence-electron chi connectivity index (χ3n) is 6.25. The first kappa shape index (κ1) is 24.5. The van der Waals surface area contributed by atoms with Gasteiger partial charge in [-0.2, -0.15) is 0 Å². The number of benzene rings is 1. The zero-order valence-electron chi connectivity index (χ0n) is 20.0. The number of pyridine rings is 1. The summed E-state index contributed by atoms with van der Waals surface area (Å²) in [5.74, 6) is 0.941. The van der Waals surface area contributed by atoms with Crippen LogP contribution in [0, 0.1) is 6.92 Å². The number of hydrogen-bond donors (Lipinski definition) is 1. The highest BCUT2D eigenvalue weighted by atomic mass is 32.2. The molecule has 1 N–H and O–H groups in total. The summed E-state index contributed by atoms with van der Waals surface area (Å²) in [5, 5.41) is 3.30. The minimum absolute atomic E-state index is 0.0673. The van der Waals surface area contributed by atoms with Crippen molar-refractivity contribution in [3.8, 4) is 5.75 Å². The second kappa shape index (κ2) is 10.4. The van der Waals surface area contributed by atoms with E-state index in [4.69, 9.17) is 26.7 Å². The van der Waals surface area contributed by atoms with Crippen LogP contribution in [0.25, 0.3) is 11.7 Å². The molecule has 2 aromatic heterocycles. The highest BCUT2D eigenvalue weighted by Crippen LogP contribution is 2.34. The van der Waals surface area contributed by atoms with Gasteiger partial charge in [0.2, 0.25) is 0 Å². The lowest BCUT2D eigenvalue weighted by molar-refractivity contribution is -0.122. The third kappa shape index (κ3) is 4.88. The van der Waals surface area contributed by atoms with Gasteiger partial charge in [0.05, 0.1) is 30.2 Å². The molecular weight excluding hydrogens is 496 g/mol. The molecule has 2 saturated heterocycles. The summed E-state index contributed by atoms with van der Waals surface area (Å²) in [6, 6.07) is 11.2. The minimum Gasteiger partial charge on any atom is -0.497 e. The Hall–Kier alpha value is -3.21. The van der Waals surface area contributed by atoms with Crippen molar-refractivity contribution in [2.24, 2.45) is 0 Å². The molecule has 10 heteroatoms. The zero-order chi connectivity index (χ0) is 25.2. The predicted molar refractivity (Wildman–Crippen MR) is 145 cm³/mol. The molecule has 1 atom stereocenters. The van der Waals surface area contributed by atoms with Crippen LogP contribution in [0.3, 0.4) is 0 Å². The van der Waals surface area contributed by atoms with Gasteiger partial charge in [-0.05, 0) is 55.2 Å². The summed E-state index contributed by atoms with van der Waals surface area (Å²) in [6.45, 7) is 3.52. The predicted octanol–water partition coefficient (Wildman–Crippen LogP) is 4.00. The Bertz CT molecular complexity index is 1410. The Labute approximate surface area is 218 Å². The normalized spacial score (nSPS) is 19.0. The maximum Gasteiger partial charge on any atom is 0.267 e. The van der Waals surface area contributed by atoms with Gasteiger partial charge in [-0.15, -0.1) is 0 Å². The van der Waals surface area contributed by atoms with E-state index in [0.717, 1.165) is 36.3 Å². The lowest BCUT2D eigenvalue weighted by Crippen LogP contribution is -2.27. The second-order valence-corrected chi connectivity index (χ2v) is 10.4. The smallest absolute Gasteiger partial charge is 0.267 e. The van der Waals surface area contributed by atoms with Crippen LogP contribution in [-0.2, 0) is 16.1 Å². The molecule has 2 fully saturated rings. The summed E-state index contributed by atoms with van der Waals surface area (Å²) in [4.78, 5) is 33.5. The van der Waals surface area contributed by atoms with Crippen molar-refractivity contribution in [2.75, 3.05) is 25.6 Å². The van der Waals surface area contributed by atoms with E-state index in [1.165, 1.54) is 16.2 Å². The van der Waals surface area contributed by atoms with Crippen LogP contribution < -0.4 is 15.6 Å². The van der Waals surface area contributed by atoms with Crippen molar-refractivity contribution in [3.05, 3.63) is 74.5 Å². The molecule has 0 saturated carbocycles. The van der Waals surface area contributed by atoms with Crippen LogP contribution >= 0.6 is 24.0 Å². The quantitative estimate of drug-likeness (QED) is 0.368. The number of amides is 1. The summed E-state index contributed by atoms with van der Waals surface area (Å²) in [6.07, 6.45) is 5.33. The highest BCUT2D eigenvalue weighted by Gasteiger charge is 2.33. The van der Waals surface area contributed by atoms with Crippen molar-refractivity contribution in [3.63, 3.8) is 0 Å². The number of aromatic nitrogens is 2. The Kier molecular flexibility index (Phi) is 7.08. The van der Waals surface area contributed by atoms with Gasteiger partial charge in [0, 0.05) is 19.3 Å². The standard InChI is InChI=1S/C26H26N4O4S2/c1-16-5-3-11-29-23(16)28-22(27-14-19-6-4-12-34-19)20(24(29)31)13-21-25(32)30(26(35)36-21)15-17-7-9-18(33-2)10-8-17/h3,5,7-11,13,19,27H,4,6,12,14-15H2,1-2H3/b21-13-/t19-/m0/s1. The fourth-order valence-corrected chi connectivity index (χ4v) is 5.51. The molecule has 5 rings (SSSR count). The summed E-state index contributed by atoms with van der Waals surface area (Å²) < 4.78 is 12.9. The van der Waals surface area contributed by atoms with Gasteiger partial charge in [-0.1, -0.05) is 42.2 Å². The van der Waals surface area contributed by atoms with E-state index in [9.17, 15) is 9.59 Å². The molecule has 8 nitrogen and oxygen atoms in total. The number of aryl methyl sites for hydroxylation is 1. The number of hydrogen-bond acceptors (Lipinski definition) is 8. The first-order chi connectivity index (χ1) is 17.4. The molecule has 1 amide bonds. The van der Waals surface area contributed by atoms with Gasteiger partial charge < -0.3 is 14.8 Å². The number of anilines is 1. The lowest BCUT2D eigenvalue weighted by atomic mass is 10.2. The van der Waals surface area contributed by atoms with Crippen LogP contribution in [0.15, 0.2) is 52.3 Å². The number of thiocarbonyl (C=S) groups is 1. The molecule has 0 aliphatic carbocycles. The minimum atomic E-state index is -0.251. The maximum atomic E-state index is 13.5. The number of ether oxygens (including phenoxy) is 2. The number of nitrogens with zero attached hydrogens (tertiary/aromatic N) is 3. The Morgan fingerprint density at radius 3 is 2.81 bits per heavy atom. The fourth-order valence-electron chi connectivity index (χ4n) is 4.27. The molecule has 3 aromatic rings. The third-order valence-corrected chi connectivity index (χ3v) is 7.63. The van der Waals surface area contributed by atoms with Crippen molar-refractivity contribution in [2.45, 2.75) is 32.4 Å². The molecule has 1 aromatic carbocycles. The fraction of sp³-hybridized carbons (Fsp3) is 0.308. The van der Waals surface area contributed by atoms with E-state index < -0.39 is 0 Å². The van der Waals surface area contributed by atoms with Gasteiger partial charge in [0.15, 0.2) is 0 Å². The number of fused-ring (bicyclic) bond motifs is 1. The Morgan fingerprint density at radius 1 is 1.28 bits per heavy atom. The van der Waals surface area contributed by atoms with Crippen molar-refractivity contribution < 1.29 is 14.3 Å². The number of carbonyl (C=O) groups is 1. The van der Waals surface area contributed by atoms with Gasteiger partial charge in [0.25, 0.3) is 11.5 Å². The first-order valence-corrected chi connectivity index (χ1v) is 12.9. The van der Waals surface area contributed by atoms with E-state index in [0.29, 0.717) is 39.3 Å². The molecule has 0 bridgehead atoms. The van der Waals surface area contributed by atoms with Gasteiger partial charge >= 0.3 is 0 Å². The average Bonchev–Trinajstić information content (AvgIpc) is 3.49. The van der Waals surface area contributed by atoms with Crippen LogP contribution in [0.1, 0.15) is 29.5 Å². The van der Waals surface area contributed by atoms with Crippen LogP contribution in [0.5, 0.6) is 5.75 Å². The first-order valence-electron chi connectivity index (χ1n) is 11.7. The number of rotatable bonds is 7. The Balaban J connectivity index is 1.48. The molecule has 0 radical (unpaired) electrons. The number of thioether (sulfide) groups is 1. The molecule has 0 spiro atoms. The molecule has 2 aliphatic rings. The van der Waals surface area contributed by atoms with E-state index in [1.54, 1.807) is 24.3 Å². The van der Waals surface area contributed by atoms with Gasteiger partial charge in [-0.25, -0.2) is 4.98 Å². The zero-order valence-corrected chi connectivity index (χ0v) is 21.7. The summed E-state index contributed by atoms with van der Waals surface area (Å²) >= 11 is 6.70. The summed E-state index contributed by atoms with van der Waals surface area (Å²) in [7, 11) is 1.61. The van der Waals surface area contributed by atoms with Crippen LogP contribution in [0.2, 0.25) is 0 Å². The SMILES string of the molecule is COc1ccc(CN2C(=O)/C(=C/c3c(NC[C@@H]4CCCO4)nc4c(C)cccn4c3=O)SC2=S)cc1. The number of methoxy groups -OCH3 is 1. The second-order valence-electron chi connectivity index (χ2n) is 8.70. The Morgan fingerprint density at radius 2 is 2.08 bits per heavy atom. The number of carbonyl (C=O) groups excluding carboxylic acids is 1. The number of nitrogens with one attached hydrogen (secondary N) is 1. The van der Waals surface area contributed by atoms with Crippen molar-refractivity contribution in [1.82, 2.24) is 14.3 Å².